The number of hydrogen-bond donors (Lipinski definition) is 0. The lowest BCUT2D eigenvalue weighted by Crippen LogP contribution is -2.43. The highest BCUT2D eigenvalue weighted by atomic mass is 32.2. The molecule has 2 amide bonds. The second-order valence-corrected chi connectivity index (χ2v) is 9.73. The Morgan fingerprint density at radius 1 is 1.03 bits per heavy atom. The van der Waals surface area contributed by atoms with Crippen LogP contribution in [0.2, 0.25) is 0 Å². The van der Waals surface area contributed by atoms with Gasteiger partial charge in [-0.25, -0.2) is 8.42 Å². The van der Waals surface area contributed by atoms with Crippen molar-refractivity contribution in [1.29, 1.82) is 0 Å². The average Bonchev–Trinajstić information content (AvgIpc) is 2.77. The minimum Gasteiger partial charge on any atom is -0.346 e. The summed E-state index contributed by atoms with van der Waals surface area (Å²) in [7, 11) is -1.68. The highest BCUT2D eigenvalue weighted by molar-refractivity contribution is 7.89. The van der Waals surface area contributed by atoms with Crippen LogP contribution in [0.25, 0.3) is 0 Å². The first-order chi connectivity index (χ1) is 14.3. The number of amides is 2. The summed E-state index contributed by atoms with van der Waals surface area (Å²) in [6.07, 6.45) is 3.38. The summed E-state index contributed by atoms with van der Waals surface area (Å²) >= 11 is 0. The van der Waals surface area contributed by atoms with E-state index >= 15 is 0 Å². The van der Waals surface area contributed by atoms with Crippen LogP contribution in [0.5, 0.6) is 0 Å². The Morgan fingerprint density at radius 3 is 2.10 bits per heavy atom. The van der Waals surface area contributed by atoms with Crippen LogP contribution in [0.15, 0.2) is 29.2 Å². The molecular formula is C22H35N3O4S. The molecule has 0 N–H and O–H groups in total. The highest BCUT2D eigenvalue weighted by Gasteiger charge is 2.29. The molecule has 7 nitrogen and oxygen atoms in total. The van der Waals surface area contributed by atoms with Crippen LogP contribution in [0.3, 0.4) is 0 Å². The fourth-order valence-corrected chi connectivity index (χ4v) is 5.27. The molecule has 0 saturated carbocycles. The van der Waals surface area contributed by atoms with E-state index in [2.05, 4.69) is 6.92 Å². The van der Waals surface area contributed by atoms with Crippen molar-refractivity contribution in [2.75, 3.05) is 39.8 Å². The molecule has 1 aromatic rings. The van der Waals surface area contributed by atoms with Gasteiger partial charge in [-0.05, 0) is 43.5 Å². The molecule has 1 aliphatic heterocycles. The second kappa shape index (κ2) is 10.9. The number of carbonyl (C=O) groups is 2. The van der Waals surface area contributed by atoms with E-state index in [1.165, 1.54) is 16.4 Å². The number of rotatable bonds is 9. The molecule has 1 fully saturated rings. The molecule has 168 valence electrons. The van der Waals surface area contributed by atoms with Gasteiger partial charge in [-0.2, -0.15) is 4.31 Å². The van der Waals surface area contributed by atoms with Gasteiger partial charge in [0.25, 0.3) is 5.91 Å². The highest BCUT2D eigenvalue weighted by Crippen LogP contribution is 2.22. The predicted molar refractivity (Wildman–Crippen MR) is 118 cm³/mol. The standard InChI is InChI=1S/C22H35N3O4S/c1-5-8-15-23(4)21(26)19-13-16-24(17-14-19)22(27)18-9-11-20(12-10-18)30(28,29)25(6-2)7-3/h9-12,19H,5-8,13-17H2,1-4H3. The van der Waals surface area contributed by atoms with Crippen LogP contribution in [-0.4, -0.2) is 74.1 Å². The van der Waals surface area contributed by atoms with Crippen molar-refractivity contribution < 1.29 is 18.0 Å². The van der Waals surface area contributed by atoms with Crippen molar-refractivity contribution in [3.63, 3.8) is 0 Å². The molecule has 0 aliphatic carbocycles. The molecule has 8 heteroatoms. The van der Waals surface area contributed by atoms with Gasteiger partial charge in [0, 0.05) is 51.3 Å². The van der Waals surface area contributed by atoms with Crippen LogP contribution in [0, 0.1) is 5.92 Å². The van der Waals surface area contributed by atoms with Gasteiger partial charge in [0.1, 0.15) is 0 Å². The molecule has 2 rings (SSSR count). The largest absolute Gasteiger partial charge is 0.346 e. The number of benzene rings is 1. The normalized spacial score (nSPS) is 15.4. The lowest BCUT2D eigenvalue weighted by Gasteiger charge is -2.33. The minimum absolute atomic E-state index is 0.0301. The lowest BCUT2D eigenvalue weighted by molar-refractivity contribution is -0.135. The first kappa shape index (κ1) is 24.3. The fraction of sp³-hybridized carbons (Fsp3) is 0.636. The quantitative estimate of drug-likeness (QED) is 0.595. The van der Waals surface area contributed by atoms with Crippen molar-refractivity contribution in [3.05, 3.63) is 29.8 Å². The van der Waals surface area contributed by atoms with E-state index in [1.807, 2.05) is 7.05 Å². The number of unbranched alkanes of at least 4 members (excludes halogenated alkanes) is 1. The number of nitrogens with zero attached hydrogens (tertiary/aromatic N) is 3. The summed E-state index contributed by atoms with van der Waals surface area (Å²) in [6, 6.07) is 6.16. The molecule has 0 spiro atoms. The number of piperidine rings is 1. The maximum Gasteiger partial charge on any atom is 0.253 e. The second-order valence-electron chi connectivity index (χ2n) is 7.79. The SMILES string of the molecule is CCCCN(C)C(=O)C1CCN(C(=O)c2ccc(S(=O)(=O)N(CC)CC)cc2)CC1. The molecule has 0 bridgehead atoms. The Kier molecular flexibility index (Phi) is 8.85. The molecule has 0 unspecified atom stereocenters. The summed E-state index contributed by atoms with van der Waals surface area (Å²) in [5.74, 6) is 0.0195. The van der Waals surface area contributed by atoms with Crippen molar-refractivity contribution in [2.24, 2.45) is 5.92 Å². The Labute approximate surface area is 181 Å². The molecule has 1 aromatic carbocycles. The van der Waals surface area contributed by atoms with Gasteiger partial charge in [0.05, 0.1) is 4.90 Å². The fourth-order valence-electron chi connectivity index (χ4n) is 3.81. The molecule has 1 heterocycles. The topological polar surface area (TPSA) is 78.0 Å². The third kappa shape index (κ3) is 5.60. The van der Waals surface area contributed by atoms with Crippen molar-refractivity contribution in [1.82, 2.24) is 14.1 Å². The van der Waals surface area contributed by atoms with Gasteiger partial charge < -0.3 is 9.80 Å². The van der Waals surface area contributed by atoms with Crippen molar-refractivity contribution in [2.45, 2.75) is 51.3 Å². The lowest BCUT2D eigenvalue weighted by atomic mass is 9.95. The summed E-state index contributed by atoms with van der Waals surface area (Å²) in [4.78, 5) is 29.1. The molecular weight excluding hydrogens is 402 g/mol. The molecule has 0 radical (unpaired) electrons. The summed E-state index contributed by atoms with van der Waals surface area (Å²) < 4.78 is 26.6. The van der Waals surface area contributed by atoms with Crippen LogP contribution < -0.4 is 0 Å². The van der Waals surface area contributed by atoms with E-state index in [9.17, 15) is 18.0 Å². The summed E-state index contributed by atoms with van der Waals surface area (Å²) in [5, 5.41) is 0. The van der Waals surface area contributed by atoms with E-state index in [1.54, 1.807) is 35.8 Å². The van der Waals surface area contributed by atoms with Crippen LogP contribution >= 0.6 is 0 Å². The average molecular weight is 438 g/mol. The number of carbonyl (C=O) groups excluding carboxylic acids is 2. The Hall–Kier alpha value is -1.93. The van der Waals surface area contributed by atoms with Gasteiger partial charge in [-0.15, -0.1) is 0 Å². The third-order valence-electron chi connectivity index (χ3n) is 5.80. The minimum atomic E-state index is -3.53. The number of hydrogen-bond acceptors (Lipinski definition) is 4. The van der Waals surface area contributed by atoms with E-state index in [0.29, 0.717) is 44.6 Å². The van der Waals surface area contributed by atoms with Crippen LogP contribution in [0.4, 0.5) is 0 Å². The Balaban J connectivity index is 1.98. The molecule has 0 aromatic heterocycles. The number of sulfonamides is 1. The van der Waals surface area contributed by atoms with Crippen molar-refractivity contribution >= 4 is 21.8 Å². The smallest absolute Gasteiger partial charge is 0.253 e. The van der Waals surface area contributed by atoms with E-state index in [-0.39, 0.29) is 22.6 Å². The first-order valence-corrected chi connectivity index (χ1v) is 12.3. The molecule has 0 atom stereocenters. The van der Waals surface area contributed by atoms with Gasteiger partial charge in [-0.3, -0.25) is 9.59 Å². The zero-order valence-corrected chi connectivity index (χ0v) is 19.5. The van der Waals surface area contributed by atoms with Gasteiger partial charge in [0.15, 0.2) is 0 Å². The molecule has 1 saturated heterocycles. The maximum atomic E-state index is 12.8. The number of likely N-dealkylation sites (tertiary alicyclic amines) is 1. The zero-order valence-electron chi connectivity index (χ0n) is 18.6. The van der Waals surface area contributed by atoms with Gasteiger partial charge in [-0.1, -0.05) is 27.2 Å². The van der Waals surface area contributed by atoms with Crippen LogP contribution in [0.1, 0.15) is 56.8 Å². The van der Waals surface area contributed by atoms with E-state index in [4.69, 9.17) is 0 Å². The maximum absolute atomic E-state index is 12.8. The third-order valence-corrected chi connectivity index (χ3v) is 7.86. The summed E-state index contributed by atoms with van der Waals surface area (Å²) in [5.41, 5.74) is 0.471. The zero-order chi connectivity index (χ0) is 22.3. The molecule has 30 heavy (non-hydrogen) atoms. The Bertz CT molecular complexity index is 811. The first-order valence-electron chi connectivity index (χ1n) is 10.9. The Morgan fingerprint density at radius 2 is 1.60 bits per heavy atom. The molecule has 1 aliphatic rings. The van der Waals surface area contributed by atoms with E-state index in [0.717, 1.165) is 19.4 Å². The van der Waals surface area contributed by atoms with Crippen LogP contribution in [-0.2, 0) is 14.8 Å². The van der Waals surface area contributed by atoms with E-state index < -0.39 is 10.0 Å². The summed E-state index contributed by atoms with van der Waals surface area (Å²) in [6.45, 7) is 8.36. The van der Waals surface area contributed by atoms with Gasteiger partial charge in [0.2, 0.25) is 15.9 Å². The van der Waals surface area contributed by atoms with Gasteiger partial charge >= 0.3 is 0 Å². The van der Waals surface area contributed by atoms with Crippen molar-refractivity contribution in [3.8, 4) is 0 Å². The predicted octanol–water partition coefficient (Wildman–Crippen LogP) is 2.83. The monoisotopic (exact) mass is 437 g/mol.